The SMILES string of the molecule is Cc1ccccc1CNc1nncc(N2CCN(C(=O)c3ccco3)CC2)n1. The maximum absolute atomic E-state index is 12.4. The molecular weight excluding hydrogens is 356 g/mol. The molecule has 144 valence electrons. The van der Waals surface area contributed by atoms with E-state index >= 15 is 0 Å². The predicted octanol–water partition coefficient (Wildman–Crippen LogP) is 2.35. The number of hydrogen-bond donors (Lipinski definition) is 1. The molecule has 1 aliphatic rings. The van der Waals surface area contributed by atoms with E-state index in [0.29, 0.717) is 44.4 Å². The van der Waals surface area contributed by atoms with Gasteiger partial charge in [-0.25, -0.2) is 0 Å². The van der Waals surface area contributed by atoms with Gasteiger partial charge >= 0.3 is 0 Å². The lowest BCUT2D eigenvalue weighted by Crippen LogP contribution is -2.49. The first kappa shape index (κ1) is 18.0. The summed E-state index contributed by atoms with van der Waals surface area (Å²) in [6.07, 6.45) is 3.17. The molecule has 0 aliphatic carbocycles. The minimum atomic E-state index is -0.0777. The highest BCUT2D eigenvalue weighted by atomic mass is 16.3. The summed E-state index contributed by atoms with van der Waals surface area (Å²) in [6, 6.07) is 11.6. The molecule has 0 bridgehead atoms. The van der Waals surface area contributed by atoms with E-state index in [0.717, 1.165) is 5.82 Å². The molecule has 0 unspecified atom stereocenters. The first-order chi connectivity index (χ1) is 13.7. The third-order valence-corrected chi connectivity index (χ3v) is 4.87. The molecule has 1 aliphatic heterocycles. The molecule has 8 nitrogen and oxygen atoms in total. The number of carbonyl (C=O) groups excluding carboxylic acids is 1. The van der Waals surface area contributed by atoms with Crippen LogP contribution < -0.4 is 10.2 Å². The first-order valence-corrected chi connectivity index (χ1v) is 9.26. The number of benzene rings is 1. The third kappa shape index (κ3) is 3.95. The van der Waals surface area contributed by atoms with Crippen molar-refractivity contribution in [2.24, 2.45) is 0 Å². The van der Waals surface area contributed by atoms with Gasteiger partial charge in [0.25, 0.3) is 5.91 Å². The molecule has 8 heteroatoms. The summed E-state index contributed by atoms with van der Waals surface area (Å²) in [5.41, 5.74) is 2.41. The molecule has 0 atom stereocenters. The lowest BCUT2D eigenvalue weighted by atomic mass is 10.1. The van der Waals surface area contributed by atoms with Crippen LogP contribution in [-0.4, -0.2) is 52.2 Å². The zero-order valence-corrected chi connectivity index (χ0v) is 15.7. The maximum atomic E-state index is 12.4. The number of carbonyl (C=O) groups is 1. The number of anilines is 2. The number of nitrogens with zero attached hydrogens (tertiary/aromatic N) is 5. The molecule has 3 aromatic rings. The second-order valence-electron chi connectivity index (χ2n) is 6.67. The smallest absolute Gasteiger partial charge is 0.289 e. The van der Waals surface area contributed by atoms with E-state index < -0.39 is 0 Å². The molecule has 1 fully saturated rings. The summed E-state index contributed by atoms with van der Waals surface area (Å²) >= 11 is 0. The Morgan fingerprint density at radius 2 is 1.96 bits per heavy atom. The van der Waals surface area contributed by atoms with Crippen LogP contribution >= 0.6 is 0 Å². The van der Waals surface area contributed by atoms with Gasteiger partial charge < -0.3 is 19.5 Å². The molecule has 0 saturated carbocycles. The van der Waals surface area contributed by atoms with Crippen molar-refractivity contribution in [1.82, 2.24) is 20.1 Å². The first-order valence-electron chi connectivity index (χ1n) is 9.26. The fraction of sp³-hybridized carbons (Fsp3) is 0.300. The van der Waals surface area contributed by atoms with Gasteiger partial charge in [-0.15, -0.1) is 5.10 Å². The highest BCUT2D eigenvalue weighted by Gasteiger charge is 2.24. The summed E-state index contributed by atoms with van der Waals surface area (Å²) in [6.45, 7) is 5.30. The van der Waals surface area contributed by atoms with E-state index in [-0.39, 0.29) is 5.91 Å². The van der Waals surface area contributed by atoms with Crippen molar-refractivity contribution in [3.05, 3.63) is 65.7 Å². The minimum Gasteiger partial charge on any atom is -0.459 e. The molecule has 2 aromatic heterocycles. The molecule has 3 heterocycles. The highest BCUT2D eigenvalue weighted by Crippen LogP contribution is 2.16. The predicted molar refractivity (Wildman–Crippen MR) is 105 cm³/mol. The van der Waals surface area contributed by atoms with Crippen molar-refractivity contribution >= 4 is 17.7 Å². The van der Waals surface area contributed by atoms with Crippen LogP contribution in [0.15, 0.2) is 53.3 Å². The van der Waals surface area contributed by atoms with Crippen molar-refractivity contribution in [3.63, 3.8) is 0 Å². The number of nitrogens with one attached hydrogen (secondary N) is 1. The Labute approximate surface area is 163 Å². The molecule has 1 amide bonds. The maximum Gasteiger partial charge on any atom is 0.289 e. The summed E-state index contributed by atoms with van der Waals surface area (Å²) in [4.78, 5) is 20.9. The fourth-order valence-electron chi connectivity index (χ4n) is 3.20. The highest BCUT2D eigenvalue weighted by molar-refractivity contribution is 5.91. The van der Waals surface area contributed by atoms with Gasteiger partial charge in [-0.2, -0.15) is 10.1 Å². The summed E-state index contributed by atoms with van der Waals surface area (Å²) in [5, 5.41) is 11.4. The summed E-state index contributed by atoms with van der Waals surface area (Å²) in [7, 11) is 0. The lowest BCUT2D eigenvalue weighted by molar-refractivity contribution is 0.0714. The van der Waals surface area contributed by atoms with Gasteiger partial charge in [0.2, 0.25) is 5.95 Å². The van der Waals surface area contributed by atoms with Gasteiger partial charge in [-0.3, -0.25) is 4.79 Å². The Bertz CT molecular complexity index is 935. The quantitative estimate of drug-likeness (QED) is 0.729. The zero-order chi connectivity index (χ0) is 19.3. The second kappa shape index (κ2) is 8.08. The van der Waals surface area contributed by atoms with Gasteiger partial charge in [0.1, 0.15) is 0 Å². The molecule has 1 saturated heterocycles. The molecule has 28 heavy (non-hydrogen) atoms. The van der Waals surface area contributed by atoms with E-state index in [4.69, 9.17) is 4.42 Å². The van der Waals surface area contributed by atoms with Crippen LogP contribution in [0.3, 0.4) is 0 Å². The van der Waals surface area contributed by atoms with Crippen LogP contribution in [0.4, 0.5) is 11.8 Å². The Morgan fingerprint density at radius 1 is 1.14 bits per heavy atom. The van der Waals surface area contributed by atoms with Gasteiger partial charge in [0.05, 0.1) is 12.5 Å². The molecular formula is C20H22N6O2. The average Bonchev–Trinajstić information content (AvgIpc) is 3.28. The zero-order valence-electron chi connectivity index (χ0n) is 15.7. The average molecular weight is 378 g/mol. The van der Waals surface area contributed by atoms with E-state index in [2.05, 4.69) is 44.5 Å². The number of hydrogen-bond acceptors (Lipinski definition) is 7. The summed E-state index contributed by atoms with van der Waals surface area (Å²) in [5.74, 6) is 1.55. The molecule has 1 aromatic carbocycles. The van der Waals surface area contributed by atoms with Crippen LogP contribution in [0.25, 0.3) is 0 Å². The van der Waals surface area contributed by atoms with Crippen molar-refractivity contribution in [3.8, 4) is 0 Å². The van der Waals surface area contributed by atoms with Crippen molar-refractivity contribution < 1.29 is 9.21 Å². The van der Waals surface area contributed by atoms with Gasteiger partial charge in [0, 0.05) is 32.7 Å². The van der Waals surface area contributed by atoms with Gasteiger partial charge in [-0.05, 0) is 30.2 Å². The van der Waals surface area contributed by atoms with Crippen LogP contribution in [0.2, 0.25) is 0 Å². The Balaban J connectivity index is 1.36. The number of amides is 1. The van der Waals surface area contributed by atoms with Gasteiger partial charge in [0.15, 0.2) is 11.6 Å². The summed E-state index contributed by atoms with van der Waals surface area (Å²) < 4.78 is 5.20. The van der Waals surface area contributed by atoms with Crippen molar-refractivity contribution in [2.45, 2.75) is 13.5 Å². The number of aryl methyl sites for hydroxylation is 1. The van der Waals surface area contributed by atoms with Crippen LogP contribution in [0.1, 0.15) is 21.7 Å². The van der Waals surface area contributed by atoms with Crippen LogP contribution in [0.5, 0.6) is 0 Å². The number of rotatable bonds is 5. The van der Waals surface area contributed by atoms with E-state index in [1.807, 2.05) is 12.1 Å². The fourth-order valence-corrected chi connectivity index (χ4v) is 3.20. The van der Waals surface area contributed by atoms with E-state index in [9.17, 15) is 4.79 Å². The minimum absolute atomic E-state index is 0.0777. The van der Waals surface area contributed by atoms with E-state index in [1.165, 1.54) is 17.4 Å². The second-order valence-corrected chi connectivity index (χ2v) is 6.67. The van der Waals surface area contributed by atoms with Crippen LogP contribution in [0, 0.1) is 6.92 Å². The Hall–Kier alpha value is -3.42. The lowest BCUT2D eigenvalue weighted by Gasteiger charge is -2.34. The Morgan fingerprint density at radius 3 is 2.71 bits per heavy atom. The monoisotopic (exact) mass is 378 g/mol. The van der Waals surface area contributed by atoms with Gasteiger partial charge in [-0.1, -0.05) is 24.3 Å². The molecule has 1 N–H and O–H groups in total. The Kier molecular flexibility index (Phi) is 5.18. The largest absolute Gasteiger partial charge is 0.459 e. The molecule has 0 radical (unpaired) electrons. The molecule has 0 spiro atoms. The standard InChI is InChI=1S/C20H22N6O2/c1-15-5-2-3-6-16(15)13-21-20-23-18(14-22-24-20)25-8-10-26(11-9-25)19(27)17-7-4-12-28-17/h2-7,12,14H,8-11,13H2,1H3,(H,21,23,24). The number of aromatic nitrogens is 3. The topological polar surface area (TPSA) is 87.4 Å². The third-order valence-electron chi connectivity index (χ3n) is 4.87. The van der Waals surface area contributed by atoms with Crippen molar-refractivity contribution in [1.29, 1.82) is 0 Å². The number of piperazine rings is 1. The van der Waals surface area contributed by atoms with Crippen molar-refractivity contribution in [2.75, 3.05) is 36.4 Å². The normalized spacial score (nSPS) is 14.2. The number of furan rings is 1. The van der Waals surface area contributed by atoms with E-state index in [1.54, 1.807) is 23.2 Å². The van der Waals surface area contributed by atoms with Crippen LogP contribution in [-0.2, 0) is 6.54 Å². The molecule has 4 rings (SSSR count).